The molecule has 0 fully saturated rings. The van der Waals surface area contributed by atoms with E-state index >= 15 is 0 Å². The topological polar surface area (TPSA) is 37.8 Å². The number of aromatic nitrogens is 2. The maximum atomic E-state index is 4.15. The van der Waals surface area contributed by atoms with Crippen LogP contribution in [0.4, 0.5) is 0 Å². The molecule has 88 valence electrons. The van der Waals surface area contributed by atoms with Gasteiger partial charge in [0.15, 0.2) is 0 Å². The Labute approximate surface area is 102 Å². The maximum Gasteiger partial charge on any atom is 0.116 e. The molecule has 1 aromatic heterocycles. The van der Waals surface area contributed by atoms with E-state index in [9.17, 15) is 0 Å². The van der Waals surface area contributed by atoms with E-state index in [-0.39, 0.29) is 5.54 Å². The Kier molecular flexibility index (Phi) is 4.96. The van der Waals surface area contributed by atoms with Crippen molar-refractivity contribution in [3.63, 3.8) is 0 Å². The molecule has 0 saturated heterocycles. The van der Waals surface area contributed by atoms with E-state index in [1.54, 1.807) is 24.3 Å². The molecule has 0 aliphatic carbocycles. The summed E-state index contributed by atoms with van der Waals surface area (Å²) >= 11 is 1.69. The molecule has 0 aromatic carbocycles. The molecule has 1 heterocycles. The van der Waals surface area contributed by atoms with Gasteiger partial charge in [0, 0.05) is 24.0 Å². The molecule has 0 saturated carbocycles. The van der Waals surface area contributed by atoms with Gasteiger partial charge in [0.25, 0.3) is 0 Å². The van der Waals surface area contributed by atoms with Crippen molar-refractivity contribution in [3.05, 3.63) is 30.7 Å². The number of rotatable bonds is 5. The Balaban J connectivity index is 2.26. The fourth-order valence-corrected chi connectivity index (χ4v) is 1.71. The molecule has 0 atom stereocenters. The van der Waals surface area contributed by atoms with Crippen molar-refractivity contribution in [2.24, 2.45) is 0 Å². The van der Waals surface area contributed by atoms with Gasteiger partial charge in [0.2, 0.25) is 0 Å². The lowest BCUT2D eigenvalue weighted by atomic mass is 10.1. The second-order valence-corrected chi connectivity index (χ2v) is 5.69. The van der Waals surface area contributed by atoms with Gasteiger partial charge in [-0.2, -0.15) is 0 Å². The number of hydrogen-bond donors (Lipinski definition) is 1. The van der Waals surface area contributed by atoms with Crippen LogP contribution in [0.3, 0.4) is 0 Å². The van der Waals surface area contributed by atoms with Crippen molar-refractivity contribution in [2.45, 2.75) is 31.3 Å². The first kappa shape index (κ1) is 13.2. The molecule has 0 aliphatic heterocycles. The van der Waals surface area contributed by atoms with Crippen molar-refractivity contribution < 1.29 is 0 Å². The summed E-state index contributed by atoms with van der Waals surface area (Å²) in [5.41, 5.74) is 1.32. The zero-order valence-electron chi connectivity index (χ0n) is 10.2. The van der Waals surface area contributed by atoms with Crippen LogP contribution in [0.15, 0.2) is 35.8 Å². The summed E-state index contributed by atoms with van der Waals surface area (Å²) in [5.74, 6) is 0.889. The molecule has 0 radical (unpaired) electrons. The first-order valence-electron chi connectivity index (χ1n) is 5.28. The molecular weight excluding hydrogens is 218 g/mol. The highest BCUT2D eigenvalue weighted by molar-refractivity contribution is 7.99. The van der Waals surface area contributed by atoms with Gasteiger partial charge >= 0.3 is 0 Å². The molecular formula is C12H19N3S. The molecule has 1 rings (SSSR count). The van der Waals surface area contributed by atoms with Crippen LogP contribution in [0, 0.1) is 0 Å². The highest BCUT2D eigenvalue weighted by atomic mass is 32.2. The Hall–Kier alpha value is -0.870. The van der Waals surface area contributed by atoms with Gasteiger partial charge in [0.1, 0.15) is 6.33 Å². The van der Waals surface area contributed by atoms with Gasteiger partial charge in [0.05, 0.1) is 5.03 Å². The summed E-state index contributed by atoms with van der Waals surface area (Å²) in [6, 6.07) is 1.91. The lowest BCUT2D eigenvalue weighted by molar-refractivity contribution is 0.445. The van der Waals surface area contributed by atoms with Crippen molar-refractivity contribution in [2.75, 3.05) is 12.3 Å². The smallest absolute Gasteiger partial charge is 0.116 e. The minimum atomic E-state index is 0.141. The lowest BCUT2D eigenvalue weighted by Gasteiger charge is -2.21. The molecule has 0 aliphatic rings. The third-order valence-corrected chi connectivity index (χ3v) is 2.94. The second kappa shape index (κ2) is 6.01. The third-order valence-electron chi connectivity index (χ3n) is 1.85. The monoisotopic (exact) mass is 237 g/mol. The van der Waals surface area contributed by atoms with Crippen molar-refractivity contribution in [1.82, 2.24) is 15.3 Å². The van der Waals surface area contributed by atoms with E-state index < -0.39 is 0 Å². The zero-order valence-corrected chi connectivity index (χ0v) is 11.0. The fraction of sp³-hybridized carbons (Fsp3) is 0.500. The summed E-state index contributed by atoms with van der Waals surface area (Å²) in [7, 11) is 0. The Morgan fingerprint density at radius 3 is 2.81 bits per heavy atom. The van der Waals surface area contributed by atoms with Gasteiger partial charge in [-0.05, 0) is 26.8 Å². The van der Waals surface area contributed by atoms with E-state index in [0.29, 0.717) is 0 Å². The lowest BCUT2D eigenvalue weighted by Crippen LogP contribution is -2.37. The summed E-state index contributed by atoms with van der Waals surface area (Å²) in [4.78, 5) is 8.03. The Morgan fingerprint density at radius 1 is 1.50 bits per heavy atom. The van der Waals surface area contributed by atoms with Crippen LogP contribution in [0.1, 0.15) is 20.8 Å². The highest BCUT2D eigenvalue weighted by Gasteiger charge is 2.08. The first-order chi connectivity index (χ1) is 7.47. The van der Waals surface area contributed by atoms with Crippen LogP contribution in [-0.4, -0.2) is 27.8 Å². The molecule has 1 N–H and O–H groups in total. The second-order valence-electron chi connectivity index (χ2n) is 4.69. The predicted octanol–water partition coefficient (Wildman–Crippen LogP) is 2.51. The van der Waals surface area contributed by atoms with E-state index in [2.05, 4.69) is 42.6 Å². The molecule has 0 amide bonds. The highest BCUT2D eigenvalue weighted by Crippen LogP contribution is 2.16. The average molecular weight is 237 g/mol. The number of hydrogen-bond acceptors (Lipinski definition) is 4. The average Bonchev–Trinajstić information content (AvgIpc) is 2.24. The van der Waals surface area contributed by atoms with Gasteiger partial charge in [-0.1, -0.05) is 12.2 Å². The molecule has 0 spiro atoms. The summed E-state index contributed by atoms with van der Waals surface area (Å²) < 4.78 is 0. The van der Waals surface area contributed by atoms with E-state index in [0.717, 1.165) is 17.3 Å². The van der Waals surface area contributed by atoms with Gasteiger partial charge in [-0.25, -0.2) is 9.97 Å². The fourth-order valence-electron chi connectivity index (χ4n) is 0.981. The maximum absolute atomic E-state index is 4.15. The van der Waals surface area contributed by atoms with E-state index in [1.807, 2.05) is 6.07 Å². The number of thioether (sulfide) groups is 1. The van der Waals surface area contributed by atoms with Crippen LogP contribution in [0.5, 0.6) is 0 Å². The number of nitrogens with zero attached hydrogens (tertiary/aromatic N) is 2. The standard InChI is InChI=1S/C12H19N3S/c1-10(7-15-12(2,3)4)8-16-11-5-6-13-9-14-11/h5-6,9,15H,1,7-8H2,2-4H3. The van der Waals surface area contributed by atoms with E-state index in [1.165, 1.54) is 5.57 Å². The van der Waals surface area contributed by atoms with Crippen LogP contribution >= 0.6 is 11.8 Å². The van der Waals surface area contributed by atoms with Crippen LogP contribution < -0.4 is 5.32 Å². The van der Waals surface area contributed by atoms with Crippen LogP contribution in [0.2, 0.25) is 0 Å². The van der Waals surface area contributed by atoms with Crippen molar-refractivity contribution >= 4 is 11.8 Å². The molecule has 0 bridgehead atoms. The quantitative estimate of drug-likeness (QED) is 0.485. The normalized spacial score (nSPS) is 11.4. The molecule has 4 heteroatoms. The Morgan fingerprint density at radius 2 is 2.25 bits per heavy atom. The minimum Gasteiger partial charge on any atom is -0.308 e. The first-order valence-corrected chi connectivity index (χ1v) is 6.26. The van der Waals surface area contributed by atoms with Gasteiger partial charge < -0.3 is 5.32 Å². The van der Waals surface area contributed by atoms with Gasteiger partial charge in [-0.3, -0.25) is 0 Å². The van der Waals surface area contributed by atoms with Crippen LogP contribution in [0.25, 0.3) is 0 Å². The summed E-state index contributed by atoms with van der Waals surface area (Å²) in [6.45, 7) is 11.3. The van der Waals surface area contributed by atoms with Crippen LogP contribution in [-0.2, 0) is 0 Å². The van der Waals surface area contributed by atoms with Crippen molar-refractivity contribution in [3.8, 4) is 0 Å². The minimum absolute atomic E-state index is 0.141. The molecule has 3 nitrogen and oxygen atoms in total. The molecule has 16 heavy (non-hydrogen) atoms. The van der Waals surface area contributed by atoms with E-state index in [4.69, 9.17) is 0 Å². The molecule has 1 aromatic rings. The van der Waals surface area contributed by atoms with Gasteiger partial charge in [-0.15, -0.1) is 11.8 Å². The summed E-state index contributed by atoms with van der Waals surface area (Å²) in [5, 5.41) is 4.40. The summed E-state index contributed by atoms with van der Waals surface area (Å²) in [6.07, 6.45) is 3.32. The zero-order chi connectivity index (χ0) is 12.0. The van der Waals surface area contributed by atoms with Crippen molar-refractivity contribution in [1.29, 1.82) is 0 Å². The third kappa shape index (κ3) is 5.88. The predicted molar refractivity (Wildman–Crippen MR) is 69.7 cm³/mol. The number of nitrogens with one attached hydrogen (secondary N) is 1. The largest absolute Gasteiger partial charge is 0.308 e. The Bertz CT molecular complexity index is 330. The molecule has 0 unspecified atom stereocenters. The SMILES string of the molecule is C=C(CNC(C)(C)C)CSc1ccncn1.